The van der Waals surface area contributed by atoms with Crippen molar-refractivity contribution in [3.05, 3.63) is 28.2 Å². The fraction of sp³-hybridized carbons (Fsp3) is 0.714. The van der Waals surface area contributed by atoms with Gasteiger partial charge >= 0.3 is 0 Å². The summed E-state index contributed by atoms with van der Waals surface area (Å²) in [7, 11) is 0. The Labute approximate surface area is 161 Å². The maximum absolute atomic E-state index is 6.20. The molecule has 1 aromatic rings. The smallest absolute Gasteiger partial charge is 0.120 e. The van der Waals surface area contributed by atoms with E-state index in [1.165, 1.54) is 57.8 Å². The summed E-state index contributed by atoms with van der Waals surface area (Å²) in [6.07, 6.45) is 12.5. The van der Waals surface area contributed by atoms with Gasteiger partial charge in [0.2, 0.25) is 0 Å². The van der Waals surface area contributed by atoms with Crippen molar-refractivity contribution in [2.24, 2.45) is 17.8 Å². The molecule has 1 aromatic carbocycles. The Morgan fingerprint density at radius 3 is 2.52 bits per heavy atom. The van der Waals surface area contributed by atoms with Crippen molar-refractivity contribution in [1.82, 2.24) is 5.32 Å². The summed E-state index contributed by atoms with van der Waals surface area (Å²) in [5.41, 5.74) is 0. The minimum Gasteiger partial charge on any atom is -0.493 e. The van der Waals surface area contributed by atoms with Crippen LogP contribution in [0.3, 0.4) is 0 Å². The molecule has 138 valence electrons. The lowest BCUT2D eigenvalue weighted by molar-refractivity contribution is 0.0763. The first-order chi connectivity index (χ1) is 12.2. The number of hydrogen-bond acceptors (Lipinski definition) is 2. The molecule has 4 heteroatoms. The van der Waals surface area contributed by atoms with Crippen LogP contribution in [-0.4, -0.2) is 18.7 Å². The predicted molar refractivity (Wildman–Crippen MR) is 105 cm³/mol. The van der Waals surface area contributed by atoms with Gasteiger partial charge in [-0.05, 0) is 43.2 Å². The van der Waals surface area contributed by atoms with Gasteiger partial charge in [-0.2, -0.15) is 0 Å². The standard InChI is InChI=1S/C21H29Cl2NO/c22-19-9-8-16(12-20(19)23)25-13-18-17(11-15-7-10-21(18)24-15)14-5-3-1-2-4-6-14/h8-9,12,14-15,17-18,21,24H,1-7,10-11,13H2. The number of ether oxygens (including phenoxy) is 1. The lowest BCUT2D eigenvalue weighted by atomic mass is 9.71. The molecule has 0 aromatic heterocycles. The van der Waals surface area contributed by atoms with Gasteiger partial charge in [0.15, 0.2) is 0 Å². The zero-order chi connectivity index (χ0) is 17.2. The number of halogens is 2. The molecule has 3 fully saturated rings. The normalized spacial score (nSPS) is 33.2. The number of rotatable bonds is 4. The van der Waals surface area contributed by atoms with Crippen LogP contribution >= 0.6 is 23.2 Å². The molecular weight excluding hydrogens is 353 g/mol. The molecule has 2 saturated heterocycles. The molecule has 2 heterocycles. The average molecular weight is 382 g/mol. The fourth-order valence-corrected chi connectivity index (χ4v) is 5.74. The number of fused-ring (bicyclic) bond motifs is 2. The van der Waals surface area contributed by atoms with Gasteiger partial charge in [-0.25, -0.2) is 0 Å². The van der Waals surface area contributed by atoms with Crippen molar-refractivity contribution in [2.75, 3.05) is 6.61 Å². The second-order valence-electron chi connectivity index (χ2n) is 8.25. The Hall–Kier alpha value is -0.440. The fourth-order valence-electron chi connectivity index (χ4n) is 5.46. The summed E-state index contributed by atoms with van der Waals surface area (Å²) in [6.45, 7) is 0.795. The lowest BCUT2D eigenvalue weighted by Crippen LogP contribution is -2.49. The van der Waals surface area contributed by atoms with Gasteiger partial charge in [0.05, 0.1) is 16.7 Å². The molecule has 1 aliphatic carbocycles. The average Bonchev–Trinajstić information content (AvgIpc) is 2.83. The van der Waals surface area contributed by atoms with Crippen LogP contribution < -0.4 is 10.1 Å². The third-order valence-electron chi connectivity index (χ3n) is 6.74. The van der Waals surface area contributed by atoms with Gasteiger partial charge in [0.25, 0.3) is 0 Å². The third-order valence-corrected chi connectivity index (χ3v) is 7.48. The molecule has 0 radical (unpaired) electrons. The Morgan fingerprint density at radius 2 is 1.76 bits per heavy atom. The summed E-state index contributed by atoms with van der Waals surface area (Å²) < 4.78 is 6.20. The summed E-state index contributed by atoms with van der Waals surface area (Å²) in [6, 6.07) is 6.99. The first kappa shape index (κ1) is 17.9. The van der Waals surface area contributed by atoms with E-state index in [1.807, 2.05) is 18.2 Å². The summed E-state index contributed by atoms with van der Waals surface area (Å²) >= 11 is 12.2. The van der Waals surface area contributed by atoms with Crippen molar-refractivity contribution >= 4 is 23.2 Å². The van der Waals surface area contributed by atoms with Gasteiger partial charge in [0.1, 0.15) is 5.75 Å². The van der Waals surface area contributed by atoms with Gasteiger partial charge in [-0.1, -0.05) is 61.7 Å². The van der Waals surface area contributed by atoms with Crippen LogP contribution in [0.1, 0.15) is 57.8 Å². The van der Waals surface area contributed by atoms with E-state index in [0.29, 0.717) is 22.0 Å². The summed E-state index contributed by atoms with van der Waals surface area (Å²) in [4.78, 5) is 0. The molecule has 25 heavy (non-hydrogen) atoms. The summed E-state index contributed by atoms with van der Waals surface area (Å²) in [5, 5.41) is 5.01. The predicted octanol–water partition coefficient (Wildman–Crippen LogP) is 6.10. The van der Waals surface area contributed by atoms with Crippen LogP contribution in [0, 0.1) is 17.8 Å². The molecule has 4 unspecified atom stereocenters. The highest BCUT2D eigenvalue weighted by Crippen LogP contribution is 2.44. The zero-order valence-electron chi connectivity index (χ0n) is 14.9. The van der Waals surface area contributed by atoms with E-state index < -0.39 is 0 Å². The number of benzene rings is 1. The third kappa shape index (κ3) is 4.12. The zero-order valence-corrected chi connectivity index (χ0v) is 16.4. The largest absolute Gasteiger partial charge is 0.493 e. The van der Waals surface area contributed by atoms with Crippen molar-refractivity contribution in [3.63, 3.8) is 0 Å². The van der Waals surface area contributed by atoms with E-state index in [9.17, 15) is 0 Å². The van der Waals surface area contributed by atoms with Gasteiger partial charge < -0.3 is 10.1 Å². The molecule has 0 amide bonds. The van der Waals surface area contributed by atoms with Crippen LogP contribution in [0.5, 0.6) is 5.75 Å². The first-order valence-corrected chi connectivity index (χ1v) is 10.8. The first-order valence-electron chi connectivity index (χ1n) is 10.0. The molecule has 2 aliphatic heterocycles. The minimum absolute atomic E-state index is 0.571. The molecule has 2 nitrogen and oxygen atoms in total. The molecule has 1 N–H and O–H groups in total. The number of nitrogens with one attached hydrogen (secondary N) is 1. The molecule has 1 saturated carbocycles. The van der Waals surface area contributed by atoms with Crippen LogP contribution in [0.15, 0.2) is 18.2 Å². The minimum atomic E-state index is 0.571. The molecule has 2 bridgehead atoms. The van der Waals surface area contributed by atoms with Crippen LogP contribution in [0.4, 0.5) is 0 Å². The topological polar surface area (TPSA) is 21.3 Å². The second kappa shape index (κ2) is 8.06. The van der Waals surface area contributed by atoms with Crippen LogP contribution in [0.2, 0.25) is 10.0 Å². The van der Waals surface area contributed by atoms with E-state index >= 15 is 0 Å². The molecule has 4 rings (SSSR count). The molecular formula is C21H29Cl2NO. The highest BCUT2D eigenvalue weighted by molar-refractivity contribution is 6.42. The Bertz CT molecular complexity index is 585. The van der Waals surface area contributed by atoms with Crippen molar-refractivity contribution in [1.29, 1.82) is 0 Å². The van der Waals surface area contributed by atoms with Crippen LogP contribution in [-0.2, 0) is 0 Å². The molecule has 0 spiro atoms. The molecule has 4 atom stereocenters. The van der Waals surface area contributed by atoms with Gasteiger partial charge in [0, 0.05) is 24.1 Å². The number of piperidine rings is 1. The number of hydrogen-bond donors (Lipinski definition) is 1. The summed E-state index contributed by atoms with van der Waals surface area (Å²) in [5.74, 6) is 3.18. The van der Waals surface area contributed by atoms with E-state index in [1.54, 1.807) is 0 Å². The van der Waals surface area contributed by atoms with Crippen molar-refractivity contribution < 1.29 is 4.74 Å². The van der Waals surface area contributed by atoms with Gasteiger partial charge in [-0.15, -0.1) is 0 Å². The van der Waals surface area contributed by atoms with Gasteiger partial charge in [-0.3, -0.25) is 0 Å². The Balaban J connectivity index is 1.46. The lowest BCUT2D eigenvalue weighted by Gasteiger charge is -2.41. The molecule has 3 aliphatic rings. The van der Waals surface area contributed by atoms with Crippen molar-refractivity contribution in [3.8, 4) is 5.75 Å². The quantitative estimate of drug-likeness (QED) is 0.636. The monoisotopic (exact) mass is 381 g/mol. The van der Waals surface area contributed by atoms with Crippen molar-refractivity contribution in [2.45, 2.75) is 69.9 Å². The maximum Gasteiger partial charge on any atom is 0.120 e. The maximum atomic E-state index is 6.20. The highest BCUT2D eigenvalue weighted by Gasteiger charge is 2.44. The highest BCUT2D eigenvalue weighted by atomic mass is 35.5. The van der Waals surface area contributed by atoms with E-state index in [2.05, 4.69) is 5.32 Å². The van der Waals surface area contributed by atoms with Crippen LogP contribution in [0.25, 0.3) is 0 Å². The second-order valence-corrected chi connectivity index (χ2v) is 9.06. The SMILES string of the molecule is Clc1ccc(OCC2C3CCC(CC2C2CCCCCC2)N3)cc1Cl. The van der Waals surface area contributed by atoms with E-state index in [0.717, 1.165) is 30.2 Å². The van der Waals surface area contributed by atoms with E-state index in [4.69, 9.17) is 27.9 Å². The van der Waals surface area contributed by atoms with E-state index in [-0.39, 0.29) is 0 Å². The Kier molecular flexibility index (Phi) is 5.79. The Morgan fingerprint density at radius 1 is 0.960 bits per heavy atom.